The van der Waals surface area contributed by atoms with Crippen molar-refractivity contribution in [1.82, 2.24) is 30.1 Å². The van der Waals surface area contributed by atoms with Gasteiger partial charge in [-0.1, -0.05) is 17.7 Å². The molecule has 0 bridgehead atoms. The fraction of sp³-hybridized carbons (Fsp3) is 0.263. The molecule has 1 fully saturated rings. The summed E-state index contributed by atoms with van der Waals surface area (Å²) in [6.45, 7) is 1.86. The molecule has 4 aromatic rings. The fourth-order valence-electron chi connectivity index (χ4n) is 3.65. The summed E-state index contributed by atoms with van der Waals surface area (Å²) in [5.74, 6) is 0.931. The van der Waals surface area contributed by atoms with Gasteiger partial charge in [0.15, 0.2) is 0 Å². The summed E-state index contributed by atoms with van der Waals surface area (Å²) >= 11 is 6.04. The number of H-pyrrole nitrogens is 1. The Hall–Kier alpha value is -2.68. The van der Waals surface area contributed by atoms with Gasteiger partial charge in [-0.15, -0.1) is 22.6 Å². The molecule has 5 rings (SSSR count). The highest BCUT2D eigenvalue weighted by molar-refractivity contribution is 6.30. The van der Waals surface area contributed by atoms with Crippen LogP contribution in [0.1, 0.15) is 24.5 Å². The van der Waals surface area contributed by atoms with Crippen LogP contribution in [-0.2, 0) is 0 Å². The molecule has 8 nitrogen and oxygen atoms in total. The third-order valence-corrected chi connectivity index (χ3v) is 5.25. The van der Waals surface area contributed by atoms with Crippen molar-refractivity contribution in [2.75, 3.05) is 13.1 Å². The number of aromatic amines is 1. The predicted octanol–water partition coefficient (Wildman–Crippen LogP) is 3.28. The number of benzene rings is 1. The van der Waals surface area contributed by atoms with Crippen LogP contribution in [0.25, 0.3) is 28.6 Å². The molecular weight excluding hydrogens is 415 g/mol. The van der Waals surface area contributed by atoms with E-state index >= 15 is 0 Å². The number of fused-ring (bicyclic) bond motifs is 1. The van der Waals surface area contributed by atoms with Gasteiger partial charge in [0.2, 0.25) is 5.89 Å². The Morgan fingerprint density at radius 3 is 2.72 bits per heavy atom. The van der Waals surface area contributed by atoms with Crippen LogP contribution < -0.4 is 10.9 Å². The number of hydrogen-bond donors (Lipinski definition) is 2. The smallest absolute Gasteiger partial charge is 0.253 e. The third kappa shape index (κ3) is 3.66. The van der Waals surface area contributed by atoms with E-state index in [1.807, 2.05) is 12.1 Å². The van der Waals surface area contributed by atoms with E-state index < -0.39 is 0 Å². The van der Waals surface area contributed by atoms with Gasteiger partial charge in [-0.05, 0) is 44.1 Å². The summed E-state index contributed by atoms with van der Waals surface area (Å²) in [7, 11) is 0. The zero-order valence-electron chi connectivity index (χ0n) is 15.3. The average molecular weight is 433 g/mol. The molecule has 0 atom stereocenters. The van der Waals surface area contributed by atoms with Crippen molar-refractivity contribution in [2.45, 2.75) is 18.8 Å². The Kier molecular flexibility index (Phi) is 5.40. The van der Waals surface area contributed by atoms with Gasteiger partial charge in [-0.2, -0.15) is 5.10 Å². The first-order valence-electron chi connectivity index (χ1n) is 9.10. The Morgan fingerprint density at radius 2 is 1.93 bits per heavy atom. The summed E-state index contributed by atoms with van der Waals surface area (Å²) in [6.07, 6.45) is 3.57. The number of nitrogens with one attached hydrogen (secondary N) is 2. The predicted molar refractivity (Wildman–Crippen MR) is 112 cm³/mol. The van der Waals surface area contributed by atoms with E-state index in [-0.39, 0.29) is 23.9 Å². The lowest BCUT2D eigenvalue weighted by molar-refractivity contribution is 0.446. The zero-order chi connectivity index (χ0) is 19.1. The van der Waals surface area contributed by atoms with Crippen LogP contribution in [-0.4, -0.2) is 37.9 Å². The summed E-state index contributed by atoms with van der Waals surface area (Å²) in [5.41, 5.74) is 2.61. The molecule has 0 spiro atoms. The third-order valence-electron chi connectivity index (χ3n) is 5.02. The molecule has 3 aromatic heterocycles. The summed E-state index contributed by atoms with van der Waals surface area (Å²) in [6, 6.07) is 8.83. The van der Waals surface area contributed by atoms with Crippen LogP contribution in [0, 0.1) is 0 Å². The van der Waals surface area contributed by atoms with Crippen molar-refractivity contribution in [3.8, 4) is 22.9 Å². The summed E-state index contributed by atoms with van der Waals surface area (Å²) in [4.78, 5) is 15.2. The second kappa shape index (κ2) is 7.98. The number of halogens is 2. The zero-order valence-corrected chi connectivity index (χ0v) is 16.8. The van der Waals surface area contributed by atoms with Crippen LogP contribution in [0.15, 0.2) is 45.7 Å². The molecule has 1 saturated heterocycles. The molecule has 2 N–H and O–H groups in total. The summed E-state index contributed by atoms with van der Waals surface area (Å²) in [5, 5.41) is 16.7. The van der Waals surface area contributed by atoms with Crippen LogP contribution >= 0.6 is 24.0 Å². The van der Waals surface area contributed by atoms with Gasteiger partial charge < -0.3 is 14.7 Å². The van der Waals surface area contributed by atoms with Crippen molar-refractivity contribution in [1.29, 1.82) is 0 Å². The van der Waals surface area contributed by atoms with Gasteiger partial charge in [0.1, 0.15) is 11.2 Å². The fourth-order valence-corrected chi connectivity index (χ4v) is 3.84. The first kappa shape index (κ1) is 19.6. The second-order valence-corrected chi connectivity index (χ2v) is 7.26. The minimum atomic E-state index is -0.169. The number of hydrogen-bond acceptors (Lipinski definition) is 6. The molecule has 10 heteroatoms. The monoisotopic (exact) mass is 432 g/mol. The van der Waals surface area contributed by atoms with Crippen molar-refractivity contribution in [2.24, 2.45) is 0 Å². The second-order valence-electron chi connectivity index (χ2n) is 6.82. The molecule has 1 aromatic carbocycles. The van der Waals surface area contributed by atoms with E-state index in [1.54, 1.807) is 28.9 Å². The van der Waals surface area contributed by atoms with E-state index in [1.165, 1.54) is 0 Å². The van der Waals surface area contributed by atoms with E-state index in [2.05, 4.69) is 25.6 Å². The maximum absolute atomic E-state index is 12.3. The lowest BCUT2D eigenvalue weighted by atomic mass is 9.94. The Bertz CT molecular complexity index is 1210. The van der Waals surface area contributed by atoms with Gasteiger partial charge in [-0.25, -0.2) is 4.52 Å². The first-order chi connectivity index (χ1) is 13.7. The number of piperidine rings is 1. The highest BCUT2D eigenvalue weighted by atomic mass is 35.5. The van der Waals surface area contributed by atoms with E-state index in [9.17, 15) is 4.79 Å². The van der Waals surface area contributed by atoms with Gasteiger partial charge in [0.25, 0.3) is 11.4 Å². The minimum Gasteiger partial charge on any atom is -0.416 e. The van der Waals surface area contributed by atoms with Gasteiger partial charge in [0.05, 0.1) is 11.9 Å². The van der Waals surface area contributed by atoms with Crippen molar-refractivity contribution < 1.29 is 4.42 Å². The average Bonchev–Trinajstić information content (AvgIpc) is 3.35. The number of aromatic nitrogens is 5. The minimum absolute atomic E-state index is 0. The number of rotatable bonds is 3. The van der Waals surface area contributed by atoms with Crippen LogP contribution in [0.4, 0.5) is 0 Å². The maximum atomic E-state index is 12.3. The lowest BCUT2D eigenvalue weighted by Crippen LogP contribution is -2.28. The molecule has 0 aliphatic carbocycles. The first-order valence-corrected chi connectivity index (χ1v) is 9.48. The molecule has 29 heavy (non-hydrogen) atoms. The topological polar surface area (TPSA) is 101 Å². The Labute approximate surface area is 176 Å². The molecule has 0 unspecified atom stereocenters. The normalized spacial score (nSPS) is 14.8. The molecule has 1 aliphatic rings. The largest absolute Gasteiger partial charge is 0.416 e. The van der Waals surface area contributed by atoms with E-state index in [0.717, 1.165) is 37.2 Å². The molecule has 150 valence electrons. The molecule has 0 amide bonds. The highest BCUT2D eigenvalue weighted by Crippen LogP contribution is 2.29. The van der Waals surface area contributed by atoms with Crippen molar-refractivity contribution in [3.63, 3.8) is 0 Å². The summed E-state index contributed by atoms with van der Waals surface area (Å²) < 4.78 is 7.61. The van der Waals surface area contributed by atoms with Crippen molar-refractivity contribution >= 4 is 29.7 Å². The van der Waals surface area contributed by atoms with Gasteiger partial charge in [-0.3, -0.25) is 4.79 Å². The number of nitrogens with zero attached hydrogens (tertiary/aromatic N) is 4. The molecule has 0 saturated carbocycles. The molecule has 1 aliphatic heterocycles. The van der Waals surface area contributed by atoms with E-state index in [4.69, 9.17) is 16.0 Å². The molecule has 0 radical (unpaired) electrons. The van der Waals surface area contributed by atoms with Crippen LogP contribution in [0.2, 0.25) is 5.02 Å². The van der Waals surface area contributed by atoms with E-state index in [0.29, 0.717) is 28.0 Å². The van der Waals surface area contributed by atoms with Crippen LogP contribution in [0.3, 0.4) is 0 Å². The Morgan fingerprint density at radius 1 is 1.14 bits per heavy atom. The van der Waals surface area contributed by atoms with Gasteiger partial charge in [0, 0.05) is 22.6 Å². The standard InChI is InChI=1S/C19H17ClN6O2.ClH/c20-13-3-1-2-12(8-13)18-24-25-19(28-18)14-10-22-26-15(9-16(27)23-17(14)26)11-4-6-21-7-5-11;/h1-3,8-11,21H,4-7H2,(H,23,27);1H. The molecular formula is C19H18Cl2N6O2. The van der Waals surface area contributed by atoms with Gasteiger partial charge >= 0.3 is 0 Å². The lowest BCUT2D eigenvalue weighted by Gasteiger charge is -2.23. The Balaban J connectivity index is 0.00000205. The van der Waals surface area contributed by atoms with Crippen molar-refractivity contribution in [3.05, 3.63) is 57.6 Å². The maximum Gasteiger partial charge on any atom is 0.253 e. The highest BCUT2D eigenvalue weighted by Gasteiger charge is 2.22. The SMILES string of the molecule is Cl.O=c1cc(C2CCNCC2)n2ncc(-c3nnc(-c4cccc(Cl)c4)o3)c2[nH]1. The molecule has 4 heterocycles. The van der Waals surface area contributed by atoms with Crippen LogP contribution in [0.5, 0.6) is 0 Å². The quantitative estimate of drug-likeness (QED) is 0.514.